The van der Waals surface area contributed by atoms with Crippen molar-refractivity contribution >= 4 is 11.8 Å². The van der Waals surface area contributed by atoms with Gasteiger partial charge in [0.2, 0.25) is 5.91 Å². The van der Waals surface area contributed by atoms with Gasteiger partial charge in [0.25, 0.3) is 5.91 Å². The summed E-state index contributed by atoms with van der Waals surface area (Å²) in [5, 5.41) is 0. The van der Waals surface area contributed by atoms with E-state index < -0.39 is 0 Å². The number of rotatable bonds is 2. The van der Waals surface area contributed by atoms with Gasteiger partial charge in [-0.15, -0.1) is 0 Å². The second-order valence-electron chi connectivity index (χ2n) is 7.47. The van der Waals surface area contributed by atoms with E-state index >= 15 is 0 Å². The summed E-state index contributed by atoms with van der Waals surface area (Å²) in [6, 6.07) is 9.48. The first-order valence-electron chi connectivity index (χ1n) is 9.42. The van der Waals surface area contributed by atoms with E-state index in [0.717, 1.165) is 45.2 Å². The van der Waals surface area contributed by atoms with Crippen molar-refractivity contribution in [3.8, 4) is 0 Å². The predicted molar refractivity (Wildman–Crippen MR) is 92.6 cm³/mol. The molecule has 0 aromatic heterocycles. The predicted octanol–water partition coefficient (Wildman–Crippen LogP) is 3.08. The third-order valence-electron chi connectivity index (χ3n) is 6.05. The van der Waals surface area contributed by atoms with Crippen LogP contribution in [-0.2, 0) is 4.79 Å². The molecule has 2 heterocycles. The van der Waals surface area contributed by atoms with Crippen LogP contribution in [0.2, 0.25) is 0 Å². The van der Waals surface area contributed by atoms with E-state index in [2.05, 4.69) is 0 Å². The van der Waals surface area contributed by atoms with Gasteiger partial charge >= 0.3 is 0 Å². The second-order valence-corrected chi connectivity index (χ2v) is 7.47. The molecule has 1 aromatic rings. The third kappa shape index (κ3) is 2.72. The Morgan fingerprint density at radius 1 is 0.917 bits per heavy atom. The van der Waals surface area contributed by atoms with E-state index in [1.807, 2.05) is 40.1 Å². The van der Waals surface area contributed by atoms with Crippen LogP contribution >= 0.6 is 0 Å². The largest absolute Gasteiger partial charge is 0.341 e. The summed E-state index contributed by atoms with van der Waals surface area (Å²) in [5.74, 6) is 0.733. The van der Waals surface area contributed by atoms with Gasteiger partial charge in [0.05, 0.1) is 0 Å². The van der Waals surface area contributed by atoms with Crippen LogP contribution in [-0.4, -0.2) is 46.8 Å². The lowest BCUT2D eigenvalue weighted by atomic mass is 9.84. The lowest BCUT2D eigenvalue weighted by Gasteiger charge is -2.34. The topological polar surface area (TPSA) is 40.6 Å². The standard InChI is InChI=1S/C20H26N2O2/c23-19(15-8-2-1-3-9-15)22-17-11-5-4-10-16(17)14-18(22)20(24)21-12-6-7-13-21/h1-3,8-9,16-18H,4-7,10-14H2/t16-,17+,18+/m1/s1. The maximum atomic E-state index is 13.2. The molecule has 0 bridgehead atoms. The van der Waals surface area contributed by atoms with Crippen LogP contribution in [0.3, 0.4) is 0 Å². The van der Waals surface area contributed by atoms with Crippen molar-refractivity contribution < 1.29 is 9.59 Å². The fourth-order valence-electron chi connectivity index (χ4n) is 4.85. The molecular weight excluding hydrogens is 300 g/mol. The van der Waals surface area contributed by atoms with Crippen molar-refractivity contribution in [2.24, 2.45) is 5.92 Å². The van der Waals surface area contributed by atoms with Gasteiger partial charge in [-0.25, -0.2) is 0 Å². The molecule has 4 nitrogen and oxygen atoms in total. The van der Waals surface area contributed by atoms with Gasteiger partial charge in [-0.2, -0.15) is 0 Å². The molecule has 0 N–H and O–H groups in total. The normalized spacial score (nSPS) is 29.6. The molecule has 4 heteroatoms. The van der Waals surface area contributed by atoms with Crippen molar-refractivity contribution in [2.75, 3.05) is 13.1 Å². The highest BCUT2D eigenvalue weighted by Gasteiger charge is 2.48. The first-order chi connectivity index (χ1) is 11.8. The van der Waals surface area contributed by atoms with E-state index in [-0.39, 0.29) is 23.9 Å². The molecule has 3 atom stereocenters. The highest BCUT2D eigenvalue weighted by atomic mass is 16.2. The zero-order chi connectivity index (χ0) is 16.5. The average molecular weight is 326 g/mol. The van der Waals surface area contributed by atoms with Crippen LogP contribution in [0.25, 0.3) is 0 Å². The minimum absolute atomic E-state index is 0.0440. The molecule has 24 heavy (non-hydrogen) atoms. The monoisotopic (exact) mass is 326 g/mol. The molecule has 2 amide bonds. The minimum Gasteiger partial charge on any atom is -0.341 e. The maximum Gasteiger partial charge on any atom is 0.254 e. The summed E-state index contributed by atoms with van der Waals surface area (Å²) in [5.41, 5.74) is 0.711. The molecule has 1 aliphatic carbocycles. The van der Waals surface area contributed by atoms with E-state index in [9.17, 15) is 9.59 Å². The number of hydrogen-bond acceptors (Lipinski definition) is 2. The summed E-state index contributed by atoms with van der Waals surface area (Å²) < 4.78 is 0. The zero-order valence-corrected chi connectivity index (χ0v) is 14.2. The van der Waals surface area contributed by atoms with Gasteiger partial charge in [-0.1, -0.05) is 31.0 Å². The summed E-state index contributed by atoms with van der Waals surface area (Å²) >= 11 is 0. The molecule has 4 rings (SSSR count). The smallest absolute Gasteiger partial charge is 0.254 e. The number of likely N-dealkylation sites (tertiary alicyclic amines) is 2. The first-order valence-corrected chi connectivity index (χ1v) is 9.42. The number of nitrogens with zero attached hydrogens (tertiary/aromatic N) is 2. The molecule has 3 aliphatic rings. The Bertz CT molecular complexity index is 609. The maximum absolute atomic E-state index is 13.2. The molecule has 0 unspecified atom stereocenters. The van der Waals surface area contributed by atoms with Crippen LogP contribution < -0.4 is 0 Å². The number of carbonyl (C=O) groups excluding carboxylic acids is 2. The summed E-state index contributed by atoms with van der Waals surface area (Å²) in [4.78, 5) is 30.2. The fraction of sp³-hybridized carbons (Fsp3) is 0.600. The van der Waals surface area contributed by atoms with Gasteiger partial charge in [0.1, 0.15) is 6.04 Å². The number of fused-ring (bicyclic) bond motifs is 1. The van der Waals surface area contributed by atoms with Crippen LogP contribution in [0.4, 0.5) is 0 Å². The van der Waals surface area contributed by atoms with Gasteiger partial charge < -0.3 is 9.80 Å². The van der Waals surface area contributed by atoms with Crippen molar-refractivity contribution in [1.29, 1.82) is 0 Å². The summed E-state index contributed by atoms with van der Waals surface area (Å²) in [7, 11) is 0. The van der Waals surface area contributed by atoms with Crippen LogP contribution in [0.1, 0.15) is 55.3 Å². The molecule has 2 aliphatic heterocycles. The van der Waals surface area contributed by atoms with E-state index in [1.54, 1.807) is 0 Å². The minimum atomic E-state index is -0.246. The molecule has 1 aromatic carbocycles. The van der Waals surface area contributed by atoms with E-state index in [0.29, 0.717) is 11.5 Å². The third-order valence-corrected chi connectivity index (χ3v) is 6.05. The number of amides is 2. The Labute approximate surface area is 143 Å². The Kier molecular flexibility index (Phi) is 4.30. The first kappa shape index (κ1) is 15.7. The van der Waals surface area contributed by atoms with Crippen LogP contribution in [0.15, 0.2) is 30.3 Å². The quantitative estimate of drug-likeness (QED) is 0.838. The van der Waals surface area contributed by atoms with E-state index in [4.69, 9.17) is 0 Å². The molecule has 0 spiro atoms. The molecule has 3 fully saturated rings. The highest BCUT2D eigenvalue weighted by molar-refractivity contribution is 5.98. The summed E-state index contributed by atoms with van der Waals surface area (Å²) in [6.07, 6.45) is 7.66. The molecule has 0 radical (unpaired) electrons. The number of carbonyl (C=O) groups is 2. The Hall–Kier alpha value is -1.84. The molecule has 1 saturated carbocycles. The van der Waals surface area contributed by atoms with Crippen molar-refractivity contribution in [3.05, 3.63) is 35.9 Å². The average Bonchev–Trinajstić information content (AvgIpc) is 3.29. The van der Waals surface area contributed by atoms with Crippen LogP contribution in [0, 0.1) is 5.92 Å². The van der Waals surface area contributed by atoms with Gasteiger partial charge in [-0.05, 0) is 50.2 Å². The molecular formula is C20H26N2O2. The zero-order valence-electron chi connectivity index (χ0n) is 14.2. The highest BCUT2D eigenvalue weighted by Crippen LogP contribution is 2.41. The SMILES string of the molecule is O=C([C@@H]1C[C@H]2CCCC[C@@H]2N1C(=O)c1ccccc1)N1CCCC1. The van der Waals surface area contributed by atoms with Crippen molar-refractivity contribution in [2.45, 2.75) is 57.0 Å². The second kappa shape index (κ2) is 6.58. The van der Waals surface area contributed by atoms with Gasteiger partial charge in [0, 0.05) is 24.7 Å². The van der Waals surface area contributed by atoms with E-state index in [1.165, 1.54) is 12.8 Å². The lowest BCUT2D eigenvalue weighted by molar-refractivity contribution is -0.134. The summed E-state index contributed by atoms with van der Waals surface area (Å²) in [6.45, 7) is 1.72. The Morgan fingerprint density at radius 3 is 2.38 bits per heavy atom. The van der Waals surface area contributed by atoms with Crippen LogP contribution in [0.5, 0.6) is 0 Å². The fourth-order valence-corrected chi connectivity index (χ4v) is 4.85. The number of benzene rings is 1. The Balaban J connectivity index is 1.63. The molecule has 2 saturated heterocycles. The lowest BCUT2D eigenvalue weighted by Crippen LogP contribution is -2.50. The van der Waals surface area contributed by atoms with Gasteiger partial charge in [0.15, 0.2) is 0 Å². The van der Waals surface area contributed by atoms with Crippen molar-refractivity contribution in [1.82, 2.24) is 9.80 Å². The van der Waals surface area contributed by atoms with Gasteiger partial charge in [-0.3, -0.25) is 9.59 Å². The molecule has 128 valence electrons. The Morgan fingerprint density at radius 2 is 1.62 bits per heavy atom. The van der Waals surface area contributed by atoms with Crippen molar-refractivity contribution in [3.63, 3.8) is 0 Å². The number of hydrogen-bond donors (Lipinski definition) is 0.